The molecule has 1 aliphatic rings. The summed E-state index contributed by atoms with van der Waals surface area (Å²) in [5.41, 5.74) is 0.0129. The highest BCUT2D eigenvalue weighted by molar-refractivity contribution is 5.95. The number of carbonyl (C=O) groups is 1. The van der Waals surface area contributed by atoms with Gasteiger partial charge in [0.15, 0.2) is 11.6 Å². The van der Waals surface area contributed by atoms with Crippen molar-refractivity contribution in [1.29, 1.82) is 0 Å². The summed E-state index contributed by atoms with van der Waals surface area (Å²) >= 11 is 0. The van der Waals surface area contributed by atoms with Crippen LogP contribution in [0.3, 0.4) is 0 Å². The summed E-state index contributed by atoms with van der Waals surface area (Å²) < 4.78 is 14.3. The van der Waals surface area contributed by atoms with E-state index in [2.05, 4.69) is 10.3 Å². The van der Waals surface area contributed by atoms with E-state index in [1.165, 1.54) is 12.3 Å². The Hall–Kier alpha value is -1.69. The van der Waals surface area contributed by atoms with Gasteiger partial charge in [-0.1, -0.05) is 6.92 Å². The molecule has 1 heterocycles. The van der Waals surface area contributed by atoms with E-state index in [9.17, 15) is 9.18 Å². The number of aromatic nitrogens is 1. The number of anilines is 1. The quantitative estimate of drug-likeness (QED) is 0.797. The van der Waals surface area contributed by atoms with Gasteiger partial charge in [0.1, 0.15) is 0 Å². The molecule has 0 aromatic carbocycles. The molecule has 2 rings (SSSR count). The molecule has 0 atom stereocenters. The topological polar surface area (TPSA) is 65.5 Å². The summed E-state index contributed by atoms with van der Waals surface area (Å²) in [5.74, 6) is -0.881. The lowest BCUT2D eigenvalue weighted by molar-refractivity contribution is 0.0703. The summed E-state index contributed by atoms with van der Waals surface area (Å²) in [7, 11) is 0. The molecule has 1 aliphatic carbocycles. The number of amides is 1. The second-order valence-electron chi connectivity index (χ2n) is 4.90. The third-order valence-electron chi connectivity index (χ3n) is 3.25. The van der Waals surface area contributed by atoms with Crippen LogP contribution in [0, 0.1) is 5.82 Å². The van der Waals surface area contributed by atoms with Gasteiger partial charge in [-0.15, -0.1) is 0 Å². The van der Waals surface area contributed by atoms with E-state index in [0.717, 1.165) is 19.3 Å². The molecule has 5 nitrogen and oxygen atoms in total. The Bertz CT molecular complexity index is 477. The first-order chi connectivity index (χ1) is 9.69. The Kier molecular flexibility index (Phi) is 4.89. The smallest absolute Gasteiger partial charge is 0.257 e. The van der Waals surface area contributed by atoms with Crippen LogP contribution in [0.25, 0.3) is 0 Å². The molecule has 1 amide bonds. The third kappa shape index (κ3) is 3.25. The highest BCUT2D eigenvalue weighted by Crippen LogP contribution is 2.29. The molecule has 0 unspecified atom stereocenters. The number of aliphatic hydroxyl groups excluding tert-OH is 1. The molecular formula is C14H20FN3O2. The Labute approximate surface area is 117 Å². The van der Waals surface area contributed by atoms with E-state index in [1.807, 2.05) is 6.92 Å². The van der Waals surface area contributed by atoms with E-state index in [4.69, 9.17) is 5.11 Å². The van der Waals surface area contributed by atoms with Crippen LogP contribution < -0.4 is 5.32 Å². The van der Waals surface area contributed by atoms with Crippen LogP contribution in [0.1, 0.15) is 36.5 Å². The van der Waals surface area contributed by atoms with Crippen LogP contribution in [0.5, 0.6) is 0 Å². The predicted octanol–water partition coefficient (Wildman–Crippen LogP) is 1.64. The summed E-state index contributed by atoms with van der Waals surface area (Å²) in [6, 6.07) is 1.52. The highest BCUT2D eigenvalue weighted by atomic mass is 19.1. The van der Waals surface area contributed by atoms with Gasteiger partial charge in [0.25, 0.3) is 5.91 Å². The minimum Gasteiger partial charge on any atom is -0.395 e. The summed E-state index contributed by atoms with van der Waals surface area (Å²) in [6.07, 6.45) is 4.11. The van der Waals surface area contributed by atoms with Gasteiger partial charge in [-0.3, -0.25) is 4.79 Å². The van der Waals surface area contributed by atoms with Gasteiger partial charge in [-0.05, 0) is 25.3 Å². The van der Waals surface area contributed by atoms with Crippen LogP contribution in [0.15, 0.2) is 12.3 Å². The monoisotopic (exact) mass is 281 g/mol. The molecule has 1 aromatic rings. The molecule has 0 radical (unpaired) electrons. The van der Waals surface area contributed by atoms with Gasteiger partial charge in [-0.25, -0.2) is 9.37 Å². The number of pyridine rings is 1. The largest absolute Gasteiger partial charge is 0.395 e. The Balaban J connectivity index is 2.20. The second kappa shape index (κ2) is 6.65. The fraction of sp³-hybridized carbons (Fsp3) is 0.571. The summed E-state index contributed by atoms with van der Waals surface area (Å²) in [5, 5.41) is 11.9. The molecule has 2 N–H and O–H groups in total. The van der Waals surface area contributed by atoms with Gasteiger partial charge in [0.2, 0.25) is 0 Å². The maximum atomic E-state index is 14.3. The lowest BCUT2D eigenvalue weighted by Gasteiger charge is -2.22. The first-order valence-corrected chi connectivity index (χ1v) is 6.99. The third-order valence-corrected chi connectivity index (χ3v) is 3.25. The van der Waals surface area contributed by atoms with Crippen LogP contribution in [0.2, 0.25) is 0 Å². The van der Waals surface area contributed by atoms with Crippen molar-refractivity contribution in [2.45, 2.75) is 32.2 Å². The maximum Gasteiger partial charge on any atom is 0.257 e. The van der Waals surface area contributed by atoms with E-state index < -0.39 is 5.82 Å². The molecule has 0 bridgehead atoms. The minimum absolute atomic E-state index is 0.0129. The summed E-state index contributed by atoms with van der Waals surface area (Å²) in [4.78, 5) is 17.8. The number of halogens is 1. The number of aliphatic hydroxyl groups is 1. The molecule has 1 fully saturated rings. The Morgan fingerprint density at radius 1 is 1.60 bits per heavy atom. The zero-order valence-corrected chi connectivity index (χ0v) is 11.6. The molecule has 1 aromatic heterocycles. The van der Waals surface area contributed by atoms with Crippen molar-refractivity contribution in [3.8, 4) is 0 Å². The molecule has 0 aliphatic heterocycles. The van der Waals surface area contributed by atoms with Gasteiger partial charge in [0.05, 0.1) is 12.2 Å². The van der Waals surface area contributed by atoms with Crippen molar-refractivity contribution >= 4 is 11.7 Å². The van der Waals surface area contributed by atoms with Crippen molar-refractivity contribution in [1.82, 2.24) is 9.88 Å². The minimum atomic E-state index is -0.616. The second-order valence-corrected chi connectivity index (χ2v) is 4.90. The highest BCUT2D eigenvalue weighted by Gasteiger charge is 2.34. The molecule has 20 heavy (non-hydrogen) atoms. The van der Waals surface area contributed by atoms with Gasteiger partial charge >= 0.3 is 0 Å². The summed E-state index contributed by atoms with van der Waals surface area (Å²) in [6.45, 7) is 2.69. The average molecular weight is 281 g/mol. The fourth-order valence-electron chi connectivity index (χ4n) is 2.07. The van der Waals surface area contributed by atoms with Crippen molar-refractivity contribution in [3.63, 3.8) is 0 Å². The predicted molar refractivity (Wildman–Crippen MR) is 74.1 cm³/mol. The number of nitrogens with one attached hydrogen (secondary N) is 1. The Morgan fingerprint density at radius 2 is 2.35 bits per heavy atom. The number of nitrogens with zero attached hydrogens (tertiary/aromatic N) is 2. The Morgan fingerprint density at radius 3 is 2.95 bits per heavy atom. The lowest BCUT2D eigenvalue weighted by atomic mass is 10.2. The first-order valence-electron chi connectivity index (χ1n) is 6.99. The van der Waals surface area contributed by atoms with Crippen LogP contribution in [0.4, 0.5) is 10.2 Å². The molecular weight excluding hydrogens is 261 g/mol. The van der Waals surface area contributed by atoms with Gasteiger partial charge in [-0.2, -0.15) is 0 Å². The molecule has 0 saturated heterocycles. The maximum absolute atomic E-state index is 14.3. The molecule has 0 spiro atoms. The normalized spacial score (nSPS) is 14.2. The number of carbonyl (C=O) groups excluding carboxylic acids is 1. The van der Waals surface area contributed by atoms with E-state index in [-0.39, 0.29) is 36.5 Å². The lowest BCUT2D eigenvalue weighted by Crippen LogP contribution is -2.36. The molecule has 110 valence electrons. The van der Waals surface area contributed by atoms with Crippen molar-refractivity contribution in [3.05, 3.63) is 23.6 Å². The van der Waals surface area contributed by atoms with Crippen molar-refractivity contribution < 1.29 is 14.3 Å². The average Bonchev–Trinajstić information content (AvgIpc) is 3.27. The van der Waals surface area contributed by atoms with Gasteiger partial charge in [0, 0.05) is 25.3 Å². The van der Waals surface area contributed by atoms with Crippen LogP contribution in [-0.2, 0) is 0 Å². The number of hydrogen-bond donors (Lipinski definition) is 2. The molecule has 1 saturated carbocycles. The SMILES string of the molecule is CCCNc1nccc(C(=O)N(CCO)C2CC2)c1F. The first kappa shape index (κ1) is 14.7. The van der Waals surface area contributed by atoms with E-state index in [1.54, 1.807) is 4.90 Å². The van der Waals surface area contributed by atoms with Crippen LogP contribution >= 0.6 is 0 Å². The fourth-order valence-corrected chi connectivity index (χ4v) is 2.07. The van der Waals surface area contributed by atoms with E-state index in [0.29, 0.717) is 6.54 Å². The van der Waals surface area contributed by atoms with Crippen LogP contribution in [-0.4, -0.2) is 46.6 Å². The van der Waals surface area contributed by atoms with Gasteiger partial charge < -0.3 is 15.3 Å². The van der Waals surface area contributed by atoms with Crippen molar-refractivity contribution in [2.75, 3.05) is 25.0 Å². The molecule has 6 heteroatoms. The number of hydrogen-bond acceptors (Lipinski definition) is 4. The van der Waals surface area contributed by atoms with Crippen molar-refractivity contribution in [2.24, 2.45) is 0 Å². The zero-order chi connectivity index (χ0) is 14.5. The standard InChI is InChI=1S/C14H20FN3O2/c1-2-6-16-13-12(15)11(5-7-17-13)14(20)18(8-9-19)10-3-4-10/h5,7,10,19H,2-4,6,8-9H2,1H3,(H,16,17). The van der Waals surface area contributed by atoms with E-state index >= 15 is 0 Å². The zero-order valence-electron chi connectivity index (χ0n) is 11.6. The number of rotatable bonds is 7.